The molecule has 2 amide bonds. The smallest absolute Gasteiger partial charge is 0.257 e. The van der Waals surface area contributed by atoms with Crippen molar-refractivity contribution in [2.75, 3.05) is 25.0 Å². The molecule has 4 heterocycles. The number of H-pyrrole nitrogens is 1. The third-order valence-corrected chi connectivity index (χ3v) is 6.33. The van der Waals surface area contributed by atoms with Gasteiger partial charge in [0.2, 0.25) is 5.91 Å². The first-order valence-electron chi connectivity index (χ1n) is 10.7. The highest BCUT2D eigenvalue weighted by Gasteiger charge is 2.39. The van der Waals surface area contributed by atoms with Crippen LogP contribution in [0.1, 0.15) is 43.3 Å². The molecule has 1 unspecified atom stereocenters. The van der Waals surface area contributed by atoms with Gasteiger partial charge < -0.3 is 24.6 Å². The molecule has 10 nitrogen and oxygen atoms in total. The molecule has 1 fully saturated rings. The Balaban J connectivity index is 1.51. The van der Waals surface area contributed by atoms with Gasteiger partial charge in [-0.05, 0) is 39.2 Å². The maximum absolute atomic E-state index is 13.4. The molecule has 2 atom stereocenters. The van der Waals surface area contributed by atoms with Gasteiger partial charge in [0.05, 0.1) is 17.6 Å². The molecule has 3 aromatic heterocycles. The topological polar surface area (TPSA) is 120 Å². The number of hydrogen-bond donors (Lipinski definition) is 2. The highest BCUT2D eigenvalue weighted by molar-refractivity contribution is 5.99. The number of hydrogen-bond acceptors (Lipinski definition) is 7. The Kier molecular flexibility index (Phi) is 5.62. The Labute approximate surface area is 186 Å². The van der Waals surface area contributed by atoms with Crippen LogP contribution in [0.5, 0.6) is 0 Å². The molecule has 32 heavy (non-hydrogen) atoms. The summed E-state index contributed by atoms with van der Waals surface area (Å²) in [5, 5.41) is 7.42. The fraction of sp³-hybridized carbons (Fsp3) is 0.500. The first-order valence-corrected chi connectivity index (χ1v) is 10.7. The van der Waals surface area contributed by atoms with Crippen LogP contribution in [0.2, 0.25) is 0 Å². The Morgan fingerprint density at radius 2 is 2.12 bits per heavy atom. The van der Waals surface area contributed by atoms with E-state index < -0.39 is 5.54 Å². The summed E-state index contributed by atoms with van der Waals surface area (Å²) in [6, 6.07) is 2.04. The van der Waals surface area contributed by atoms with Crippen molar-refractivity contribution in [3.05, 3.63) is 36.1 Å². The molecule has 0 aromatic carbocycles. The lowest BCUT2D eigenvalue weighted by Gasteiger charge is -2.44. The highest BCUT2D eigenvalue weighted by Crippen LogP contribution is 2.29. The molecule has 1 saturated heterocycles. The number of amides is 2. The molecule has 0 saturated carbocycles. The van der Waals surface area contributed by atoms with Gasteiger partial charge in [0.25, 0.3) is 5.91 Å². The van der Waals surface area contributed by atoms with E-state index in [4.69, 9.17) is 4.52 Å². The molecular formula is C22H29N7O3. The molecule has 2 N–H and O–H groups in total. The van der Waals surface area contributed by atoms with Crippen molar-refractivity contribution in [3.63, 3.8) is 0 Å². The van der Waals surface area contributed by atoms with Gasteiger partial charge in [-0.25, -0.2) is 9.97 Å². The molecule has 4 rings (SSSR count). The van der Waals surface area contributed by atoms with Crippen molar-refractivity contribution in [3.8, 4) is 0 Å². The second kappa shape index (κ2) is 8.25. The molecule has 170 valence electrons. The van der Waals surface area contributed by atoms with Crippen LogP contribution in [0.4, 0.5) is 5.82 Å². The van der Waals surface area contributed by atoms with Crippen LogP contribution < -0.4 is 10.2 Å². The number of aromatic amines is 1. The van der Waals surface area contributed by atoms with E-state index in [1.807, 2.05) is 24.2 Å². The quantitative estimate of drug-likeness (QED) is 0.625. The van der Waals surface area contributed by atoms with Crippen LogP contribution >= 0.6 is 0 Å². The Morgan fingerprint density at radius 1 is 1.34 bits per heavy atom. The molecule has 1 aliphatic rings. The van der Waals surface area contributed by atoms with Crippen LogP contribution in [-0.4, -0.2) is 68.5 Å². The summed E-state index contributed by atoms with van der Waals surface area (Å²) in [6.45, 7) is 8.48. The summed E-state index contributed by atoms with van der Waals surface area (Å²) in [5.74, 6) is 1.11. The average Bonchev–Trinajstić information content (AvgIpc) is 3.41. The normalized spacial score (nSPS) is 19.2. The van der Waals surface area contributed by atoms with E-state index in [-0.39, 0.29) is 17.9 Å². The first-order chi connectivity index (χ1) is 15.2. The fourth-order valence-corrected chi connectivity index (χ4v) is 4.35. The number of likely N-dealkylation sites (N-methyl/N-ethyl adjacent to an activating group) is 1. The Bertz CT molecular complexity index is 1140. The highest BCUT2D eigenvalue weighted by atomic mass is 16.5. The molecule has 0 spiro atoms. The fourth-order valence-electron chi connectivity index (χ4n) is 4.35. The van der Waals surface area contributed by atoms with Crippen LogP contribution in [0.15, 0.2) is 29.3 Å². The van der Waals surface area contributed by atoms with Gasteiger partial charge in [0, 0.05) is 26.3 Å². The number of anilines is 1. The lowest BCUT2D eigenvalue weighted by molar-refractivity contribution is -0.138. The van der Waals surface area contributed by atoms with Crippen molar-refractivity contribution in [2.45, 2.75) is 45.7 Å². The van der Waals surface area contributed by atoms with Crippen molar-refractivity contribution in [1.82, 2.24) is 30.3 Å². The zero-order valence-electron chi connectivity index (χ0n) is 19.0. The van der Waals surface area contributed by atoms with E-state index in [0.717, 1.165) is 23.3 Å². The third-order valence-electron chi connectivity index (χ3n) is 6.33. The second-order valence-corrected chi connectivity index (χ2v) is 9.01. The molecule has 10 heteroatoms. The summed E-state index contributed by atoms with van der Waals surface area (Å²) in [7, 11) is 2.01. The van der Waals surface area contributed by atoms with E-state index in [9.17, 15) is 9.59 Å². The van der Waals surface area contributed by atoms with Gasteiger partial charge in [-0.1, -0.05) is 12.1 Å². The maximum atomic E-state index is 13.4. The minimum Gasteiger partial charge on any atom is -0.361 e. The SMILES string of the molecule is Cc1oncc1C(=O)NC(C)(C)C(=O)N1CC[C@@H](C)C(N(C)c2ncnc3[nH]ccc23)C1. The summed E-state index contributed by atoms with van der Waals surface area (Å²) in [5.41, 5.74) is 0.0361. The van der Waals surface area contributed by atoms with Gasteiger partial charge >= 0.3 is 0 Å². The minimum atomic E-state index is -1.08. The largest absolute Gasteiger partial charge is 0.361 e. The lowest BCUT2D eigenvalue weighted by Crippen LogP contribution is -2.61. The number of aromatic nitrogens is 4. The van der Waals surface area contributed by atoms with Crippen LogP contribution in [-0.2, 0) is 4.79 Å². The van der Waals surface area contributed by atoms with Gasteiger partial charge in [-0.2, -0.15) is 0 Å². The van der Waals surface area contributed by atoms with E-state index in [0.29, 0.717) is 30.3 Å². The number of aryl methyl sites for hydroxylation is 1. The van der Waals surface area contributed by atoms with Crippen LogP contribution in [0.3, 0.4) is 0 Å². The summed E-state index contributed by atoms with van der Waals surface area (Å²) in [4.78, 5) is 41.9. The van der Waals surface area contributed by atoms with E-state index in [1.165, 1.54) is 6.20 Å². The predicted octanol–water partition coefficient (Wildman–Crippen LogP) is 2.14. The minimum absolute atomic E-state index is 0.0764. The van der Waals surface area contributed by atoms with Crippen molar-refractivity contribution < 1.29 is 14.1 Å². The maximum Gasteiger partial charge on any atom is 0.257 e. The molecule has 1 aliphatic heterocycles. The van der Waals surface area contributed by atoms with Crippen molar-refractivity contribution in [1.29, 1.82) is 0 Å². The van der Waals surface area contributed by atoms with E-state index in [2.05, 4.69) is 37.2 Å². The molecular weight excluding hydrogens is 410 g/mol. The predicted molar refractivity (Wildman–Crippen MR) is 119 cm³/mol. The molecule has 0 aliphatic carbocycles. The first kappa shape index (κ1) is 21.8. The van der Waals surface area contributed by atoms with Gasteiger partial charge in [0.1, 0.15) is 34.7 Å². The van der Waals surface area contributed by atoms with Crippen molar-refractivity contribution >= 4 is 28.7 Å². The molecule has 0 bridgehead atoms. The summed E-state index contributed by atoms with van der Waals surface area (Å²) in [6.07, 6.45) is 5.62. The number of carbonyl (C=O) groups is 2. The Hall–Kier alpha value is -3.43. The Morgan fingerprint density at radius 3 is 2.84 bits per heavy atom. The second-order valence-electron chi connectivity index (χ2n) is 9.01. The zero-order valence-corrected chi connectivity index (χ0v) is 19.0. The number of nitrogens with zero attached hydrogens (tertiary/aromatic N) is 5. The van der Waals surface area contributed by atoms with Crippen molar-refractivity contribution in [2.24, 2.45) is 5.92 Å². The number of nitrogens with one attached hydrogen (secondary N) is 2. The molecule has 0 radical (unpaired) electrons. The van der Waals surface area contributed by atoms with Gasteiger partial charge in [-0.3, -0.25) is 9.59 Å². The monoisotopic (exact) mass is 439 g/mol. The summed E-state index contributed by atoms with van der Waals surface area (Å²) >= 11 is 0. The zero-order chi connectivity index (χ0) is 23.0. The standard InChI is InChI=1S/C22H29N7O3/c1-13-7-9-29(21(31)22(3,4)27-20(30)16-10-26-32-14(16)2)11-17(13)28(5)19-15-6-8-23-18(15)24-12-25-19/h6,8,10,12-13,17H,7,9,11H2,1-5H3,(H,27,30)(H,23,24,25)/t13-,17?/m1/s1. The van der Waals surface area contributed by atoms with Crippen LogP contribution in [0, 0.1) is 12.8 Å². The summed E-state index contributed by atoms with van der Waals surface area (Å²) < 4.78 is 4.97. The van der Waals surface area contributed by atoms with E-state index >= 15 is 0 Å². The number of piperidine rings is 1. The number of fused-ring (bicyclic) bond motifs is 1. The lowest BCUT2D eigenvalue weighted by atomic mass is 9.90. The number of rotatable bonds is 5. The van der Waals surface area contributed by atoms with E-state index in [1.54, 1.807) is 27.1 Å². The van der Waals surface area contributed by atoms with Gasteiger partial charge in [0.15, 0.2) is 0 Å². The van der Waals surface area contributed by atoms with Crippen LogP contribution in [0.25, 0.3) is 11.0 Å². The van der Waals surface area contributed by atoms with Gasteiger partial charge in [-0.15, -0.1) is 0 Å². The average molecular weight is 440 g/mol. The third kappa shape index (κ3) is 3.92. The number of carbonyl (C=O) groups excluding carboxylic acids is 2. The molecule has 3 aromatic rings. The number of likely N-dealkylation sites (tertiary alicyclic amines) is 1.